The molecule has 0 spiro atoms. The van der Waals surface area contributed by atoms with Gasteiger partial charge >= 0.3 is 5.97 Å². The summed E-state index contributed by atoms with van der Waals surface area (Å²) in [5.74, 6) is -0.543. The summed E-state index contributed by atoms with van der Waals surface area (Å²) in [4.78, 5) is 10.5. The number of aliphatic hydroxyl groups excluding tert-OH is 1. The maximum Gasteiger partial charge on any atom is 0.332 e. The van der Waals surface area contributed by atoms with Gasteiger partial charge in [0.15, 0.2) is 0 Å². The van der Waals surface area contributed by atoms with Crippen LogP contribution in [-0.2, 0) is 9.53 Å². The molecule has 3 nitrogen and oxygen atoms in total. The molecule has 0 bridgehead atoms. The Hall–Kier alpha value is -0.830. The lowest BCUT2D eigenvalue weighted by Gasteiger charge is -2.05. The van der Waals surface area contributed by atoms with Crippen LogP contribution < -0.4 is 0 Å². The second-order valence-electron chi connectivity index (χ2n) is 1.68. The molecule has 0 heterocycles. The largest absolute Gasteiger partial charge is 0.433 e. The third kappa shape index (κ3) is 4.09. The van der Waals surface area contributed by atoms with Crippen molar-refractivity contribution in [3.8, 4) is 0 Å². The second-order valence-corrected chi connectivity index (χ2v) is 1.68. The fraction of sp³-hybridized carbons (Fsp3) is 0.429. The van der Waals surface area contributed by atoms with E-state index in [4.69, 9.17) is 5.11 Å². The van der Waals surface area contributed by atoms with Gasteiger partial charge in [-0.1, -0.05) is 6.08 Å². The van der Waals surface area contributed by atoms with E-state index >= 15 is 0 Å². The highest BCUT2D eigenvalue weighted by atomic mass is 16.6. The van der Waals surface area contributed by atoms with Gasteiger partial charge in [-0.05, 0) is 13.8 Å². The summed E-state index contributed by atoms with van der Waals surface area (Å²) in [6.45, 7) is 5.04. The first-order valence-electron chi connectivity index (χ1n) is 3.01. The van der Waals surface area contributed by atoms with Crippen LogP contribution in [0.1, 0.15) is 13.3 Å². The van der Waals surface area contributed by atoms with Crippen LogP contribution in [-0.4, -0.2) is 17.4 Å². The van der Waals surface area contributed by atoms with E-state index in [1.54, 1.807) is 6.92 Å². The average molecular weight is 143 g/mol. The summed E-state index contributed by atoms with van der Waals surface area (Å²) in [6.07, 6.45) is 1.86. The van der Waals surface area contributed by atoms with Gasteiger partial charge in [-0.2, -0.15) is 0 Å². The van der Waals surface area contributed by atoms with E-state index in [0.717, 1.165) is 0 Å². The molecule has 0 rings (SSSR count). The summed E-state index contributed by atoms with van der Waals surface area (Å²) in [5, 5.41) is 8.72. The molecule has 0 fully saturated rings. The van der Waals surface area contributed by atoms with Crippen molar-refractivity contribution in [2.75, 3.05) is 0 Å². The predicted octanol–water partition coefficient (Wildman–Crippen LogP) is 0.648. The van der Waals surface area contributed by atoms with E-state index in [1.807, 2.05) is 0 Å². The maximum atomic E-state index is 10.5. The molecular weight excluding hydrogens is 132 g/mol. The number of rotatable bonds is 3. The molecule has 0 aromatic carbocycles. The van der Waals surface area contributed by atoms with Crippen LogP contribution in [0.15, 0.2) is 12.2 Å². The average Bonchev–Trinajstić information content (AvgIpc) is 1.88. The van der Waals surface area contributed by atoms with Crippen molar-refractivity contribution >= 4 is 5.97 Å². The standard InChI is InChI=1S/C7H11O3/c1-3-5-7(9)10-6(8)4-2/h3,5-6,8H,2,4H2,1H3. The summed E-state index contributed by atoms with van der Waals surface area (Å²) in [7, 11) is 0. The summed E-state index contributed by atoms with van der Waals surface area (Å²) >= 11 is 0. The Balaban J connectivity index is 3.57. The summed E-state index contributed by atoms with van der Waals surface area (Å²) < 4.78 is 4.41. The monoisotopic (exact) mass is 143 g/mol. The minimum absolute atomic E-state index is 0.170. The lowest BCUT2D eigenvalue weighted by molar-refractivity contribution is -0.160. The number of carbonyl (C=O) groups is 1. The van der Waals surface area contributed by atoms with E-state index in [0.29, 0.717) is 0 Å². The Kier molecular flexibility index (Phi) is 4.58. The highest BCUT2D eigenvalue weighted by Gasteiger charge is 2.03. The van der Waals surface area contributed by atoms with Crippen LogP contribution in [0.25, 0.3) is 0 Å². The first-order chi connectivity index (χ1) is 4.70. The number of aliphatic hydroxyl groups is 1. The van der Waals surface area contributed by atoms with Gasteiger partial charge in [0.25, 0.3) is 0 Å². The van der Waals surface area contributed by atoms with Gasteiger partial charge in [0.05, 0.1) is 0 Å². The first-order valence-corrected chi connectivity index (χ1v) is 3.01. The molecule has 1 N–H and O–H groups in total. The topological polar surface area (TPSA) is 46.5 Å². The van der Waals surface area contributed by atoms with E-state index in [1.165, 1.54) is 12.2 Å². The highest BCUT2D eigenvalue weighted by Crippen LogP contribution is 1.92. The Labute approximate surface area is 60.3 Å². The van der Waals surface area contributed by atoms with Crippen molar-refractivity contribution in [1.29, 1.82) is 0 Å². The first kappa shape index (κ1) is 9.17. The molecule has 0 aliphatic carbocycles. The summed E-state index contributed by atoms with van der Waals surface area (Å²) in [5.41, 5.74) is 0. The smallest absolute Gasteiger partial charge is 0.332 e. The predicted molar refractivity (Wildman–Crippen MR) is 36.9 cm³/mol. The molecule has 0 amide bonds. The molecule has 0 aliphatic heterocycles. The van der Waals surface area contributed by atoms with Crippen LogP contribution in [0.5, 0.6) is 0 Å². The van der Waals surface area contributed by atoms with Crippen LogP contribution in [0.4, 0.5) is 0 Å². The van der Waals surface area contributed by atoms with Crippen molar-refractivity contribution < 1.29 is 14.6 Å². The highest BCUT2D eigenvalue weighted by molar-refractivity contribution is 5.81. The van der Waals surface area contributed by atoms with Gasteiger partial charge in [-0.15, -0.1) is 0 Å². The molecule has 57 valence electrons. The molecule has 1 unspecified atom stereocenters. The summed E-state index contributed by atoms with van der Waals surface area (Å²) in [6, 6.07) is 0. The van der Waals surface area contributed by atoms with Gasteiger partial charge in [0, 0.05) is 12.5 Å². The van der Waals surface area contributed by atoms with Gasteiger partial charge < -0.3 is 9.84 Å². The molecule has 0 aromatic rings. The van der Waals surface area contributed by atoms with E-state index < -0.39 is 12.3 Å². The molecule has 0 saturated carbocycles. The number of ether oxygens (including phenoxy) is 1. The van der Waals surface area contributed by atoms with E-state index in [2.05, 4.69) is 11.7 Å². The second kappa shape index (κ2) is 4.99. The van der Waals surface area contributed by atoms with Crippen molar-refractivity contribution in [3.63, 3.8) is 0 Å². The van der Waals surface area contributed by atoms with Crippen molar-refractivity contribution in [2.45, 2.75) is 19.6 Å². The van der Waals surface area contributed by atoms with Gasteiger partial charge in [0.1, 0.15) is 0 Å². The Bertz CT molecular complexity index is 129. The molecule has 0 aliphatic rings. The van der Waals surface area contributed by atoms with Crippen molar-refractivity contribution in [1.82, 2.24) is 0 Å². The zero-order valence-corrected chi connectivity index (χ0v) is 5.91. The number of carbonyl (C=O) groups excluding carboxylic acids is 1. The SMILES string of the molecule is [CH2]CC(O)OC(=O)C=CC. The minimum atomic E-state index is -1.08. The van der Waals surface area contributed by atoms with Crippen LogP contribution in [0.2, 0.25) is 0 Å². The quantitative estimate of drug-likeness (QED) is 0.358. The maximum absolute atomic E-state index is 10.5. The fourth-order valence-corrected chi connectivity index (χ4v) is 0.368. The fourth-order valence-electron chi connectivity index (χ4n) is 0.368. The van der Waals surface area contributed by atoms with E-state index in [-0.39, 0.29) is 6.42 Å². The number of hydrogen-bond donors (Lipinski definition) is 1. The van der Waals surface area contributed by atoms with Crippen LogP contribution in [0, 0.1) is 6.92 Å². The number of esters is 1. The van der Waals surface area contributed by atoms with Crippen LogP contribution in [0.3, 0.4) is 0 Å². The third-order valence-corrected chi connectivity index (χ3v) is 0.802. The van der Waals surface area contributed by atoms with Crippen LogP contribution >= 0.6 is 0 Å². The van der Waals surface area contributed by atoms with Crippen molar-refractivity contribution in [2.24, 2.45) is 0 Å². The Morgan fingerprint density at radius 1 is 1.90 bits per heavy atom. The molecular formula is C7H11O3. The number of allylic oxidation sites excluding steroid dienone is 1. The number of hydrogen-bond acceptors (Lipinski definition) is 3. The molecule has 0 aromatic heterocycles. The lowest BCUT2D eigenvalue weighted by atomic mass is 10.5. The Morgan fingerprint density at radius 2 is 2.50 bits per heavy atom. The van der Waals surface area contributed by atoms with Gasteiger partial charge in [-0.3, -0.25) is 0 Å². The third-order valence-electron chi connectivity index (χ3n) is 0.802. The van der Waals surface area contributed by atoms with Gasteiger partial charge in [0.2, 0.25) is 6.29 Å². The minimum Gasteiger partial charge on any atom is -0.433 e. The zero-order chi connectivity index (χ0) is 7.98. The normalized spacial score (nSPS) is 13.5. The molecule has 3 heteroatoms. The Morgan fingerprint density at radius 3 is 2.90 bits per heavy atom. The molecule has 1 atom stereocenters. The lowest BCUT2D eigenvalue weighted by Crippen LogP contribution is -2.14. The zero-order valence-electron chi connectivity index (χ0n) is 5.91. The van der Waals surface area contributed by atoms with Gasteiger partial charge in [-0.25, -0.2) is 4.79 Å². The molecule has 1 radical (unpaired) electrons. The van der Waals surface area contributed by atoms with Crippen molar-refractivity contribution in [3.05, 3.63) is 19.1 Å². The molecule has 0 saturated heterocycles. The van der Waals surface area contributed by atoms with E-state index in [9.17, 15) is 4.79 Å². The molecule has 10 heavy (non-hydrogen) atoms.